The lowest BCUT2D eigenvalue weighted by Crippen LogP contribution is -2.55. The Labute approximate surface area is 175 Å². The highest BCUT2D eigenvalue weighted by Gasteiger charge is 2.29. The molecular formula is C20H30FN3O4S. The maximum absolute atomic E-state index is 13.0. The lowest BCUT2D eigenvalue weighted by molar-refractivity contribution is -0.142. The average molecular weight is 428 g/mol. The van der Waals surface area contributed by atoms with Crippen molar-refractivity contribution in [3.63, 3.8) is 0 Å². The van der Waals surface area contributed by atoms with Crippen LogP contribution in [0.4, 0.5) is 4.48 Å². The fraction of sp³-hybridized carbons (Fsp3) is 0.550. The molecule has 2 amide bonds. The fourth-order valence-corrected chi connectivity index (χ4v) is 3.24. The summed E-state index contributed by atoms with van der Waals surface area (Å²) in [5, 5.41) is 14.6. The van der Waals surface area contributed by atoms with Gasteiger partial charge in [0.1, 0.15) is 18.1 Å². The molecule has 0 aliphatic carbocycles. The van der Waals surface area contributed by atoms with Crippen molar-refractivity contribution in [2.75, 3.05) is 12.0 Å². The first-order chi connectivity index (χ1) is 13.8. The predicted octanol–water partition coefficient (Wildman–Crippen LogP) is 1.93. The third-order valence-electron chi connectivity index (χ3n) is 4.30. The van der Waals surface area contributed by atoms with Crippen molar-refractivity contribution in [3.8, 4) is 0 Å². The van der Waals surface area contributed by atoms with Crippen LogP contribution in [0.2, 0.25) is 0 Å². The highest BCUT2D eigenvalue weighted by molar-refractivity contribution is 7.98. The van der Waals surface area contributed by atoms with Crippen molar-refractivity contribution in [3.05, 3.63) is 35.9 Å². The van der Waals surface area contributed by atoms with Crippen LogP contribution in [0, 0.1) is 5.92 Å². The Hall–Kier alpha value is -2.13. The van der Waals surface area contributed by atoms with E-state index in [0.29, 0.717) is 12.2 Å². The molecule has 29 heavy (non-hydrogen) atoms. The van der Waals surface area contributed by atoms with E-state index in [2.05, 4.69) is 10.6 Å². The van der Waals surface area contributed by atoms with E-state index in [1.165, 1.54) is 17.3 Å². The summed E-state index contributed by atoms with van der Waals surface area (Å²) in [6.07, 6.45) is 2.54. The van der Waals surface area contributed by atoms with Gasteiger partial charge in [-0.3, -0.25) is 9.59 Å². The predicted molar refractivity (Wildman–Crippen MR) is 112 cm³/mol. The topological polar surface area (TPSA) is 108 Å². The van der Waals surface area contributed by atoms with Crippen LogP contribution in [0.25, 0.3) is 0 Å². The van der Waals surface area contributed by atoms with Crippen molar-refractivity contribution in [2.24, 2.45) is 5.92 Å². The summed E-state index contributed by atoms with van der Waals surface area (Å²) in [6, 6.07) is 5.79. The van der Waals surface area contributed by atoms with Crippen LogP contribution in [0.1, 0.15) is 32.3 Å². The zero-order chi connectivity index (χ0) is 21.8. The zero-order valence-electron chi connectivity index (χ0n) is 17.0. The first kappa shape index (κ1) is 24.9. The Morgan fingerprint density at radius 2 is 1.62 bits per heavy atom. The van der Waals surface area contributed by atoms with Gasteiger partial charge in [0, 0.05) is 6.42 Å². The van der Waals surface area contributed by atoms with Gasteiger partial charge < -0.3 is 15.7 Å². The van der Waals surface area contributed by atoms with Crippen LogP contribution in [-0.4, -0.2) is 53.0 Å². The molecule has 0 bridgehead atoms. The summed E-state index contributed by atoms with van der Waals surface area (Å²) in [7, 11) is 0. The molecule has 0 aliphatic heterocycles. The number of halogens is 1. The Morgan fingerprint density at radius 3 is 2.14 bits per heavy atom. The van der Waals surface area contributed by atoms with E-state index in [4.69, 9.17) is 0 Å². The van der Waals surface area contributed by atoms with E-state index < -0.39 is 35.9 Å². The molecule has 0 radical (unpaired) electrons. The molecule has 7 nitrogen and oxygen atoms in total. The summed E-state index contributed by atoms with van der Waals surface area (Å²) in [6.45, 7) is 3.76. The highest BCUT2D eigenvalue weighted by Crippen LogP contribution is 2.09. The maximum atomic E-state index is 13.0. The standard InChI is InChI=1S/C20H30FN3O4S/c1-13(2)11-16(22-18(25)15(24-21)9-10-29-3)19(26)23-17(20(27)28)12-14-7-5-4-6-8-14/h4-8,13,15-17,24H,9-12H2,1-3H3,(H,22,25)(H,23,26)(H,27,28)/t15-,16-,17-/m0/s1. The normalized spacial score (nSPS) is 14.1. The minimum atomic E-state index is -1.17. The van der Waals surface area contributed by atoms with Crippen molar-refractivity contribution >= 4 is 29.5 Å². The molecule has 162 valence electrons. The molecule has 0 unspecified atom stereocenters. The molecule has 0 saturated heterocycles. The number of thioether (sulfide) groups is 1. The van der Waals surface area contributed by atoms with Crippen molar-refractivity contribution in [1.82, 2.24) is 16.2 Å². The smallest absolute Gasteiger partial charge is 0.326 e. The highest BCUT2D eigenvalue weighted by atomic mass is 32.2. The minimum absolute atomic E-state index is 0.0615. The Bertz CT molecular complexity index is 660. The second-order valence-electron chi connectivity index (χ2n) is 7.22. The second-order valence-corrected chi connectivity index (χ2v) is 8.21. The van der Waals surface area contributed by atoms with E-state index in [9.17, 15) is 24.0 Å². The van der Waals surface area contributed by atoms with Gasteiger partial charge in [-0.2, -0.15) is 11.8 Å². The second kappa shape index (κ2) is 13.2. The van der Waals surface area contributed by atoms with E-state index in [-0.39, 0.29) is 18.8 Å². The van der Waals surface area contributed by atoms with Gasteiger partial charge in [-0.15, -0.1) is 10.0 Å². The van der Waals surface area contributed by atoms with Crippen LogP contribution in [0.15, 0.2) is 30.3 Å². The van der Waals surface area contributed by atoms with Crippen molar-refractivity contribution in [1.29, 1.82) is 0 Å². The summed E-state index contributed by atoms with van der Waals surface area (Å²) in [5.74, 6) is -1.75. The number of amides is 2. The van der Waals surface area contributed by atoms with Gasteiger partial charge >= 0.3 is 5.97 Å². The molecule has 3 atom stereocenters. The van der Waals surface area contributed by atoms with E-state index in [1.807, 2.05) is 26.2 Å². The molecule has 9 heteroatoms. The summed E-state index contributed by atoms with van der Waals surface area (Å²) in [5.41, 5.74) is 2.24. The monoisotopic (exact) mass is 427 g/mol. The number of carboxylic acids is 1. The number of hydrogen-bond acceptors (Lipinski definition) is 5. The molecule has 0 aliphatic rings. The zero-order valence-corrected chi connectivity index (χ0v) is 17.8. The molecule has 1 aromatic rings. The van der Waals surface area contributed by atoms with E-state index in [0.717, 1.165) is 5.56 Å². The molecule has 4 N–H and O–H groups in total. The molecule has 1 aromatic carbocycles. The molecule has 1 rings (SSSR count). The molecule has 0 aromatic heterocycles. The number of aliphatic carboxylic acids is 1. The van der Waals surface area contributed by atoms with E-state index in [1.54, 1.807) is 24.3 Å². The number of nitrogens with one attached hydrogen (secondary N) is 3. The third kappa shape index (κ3) is 9.27. The largest absolute Gasteiger partial charge is 0.480 e. The molecular weight excluding hydrogens is 397 g/mol. The number of benzene rings is 1. The Balaban J connectivity index is 2.84. The summed E-state index contributed by atoms with van der Waals surface area (Å²) >= 11 is 1.48. The quantitative estimate of drug-likeness (QED) is 0.358. The lowest BCUT2D eigenvalue weighted by atomic mass is 10.0. The van der Waals surface area contributed by atoms with Crippen molar-refractivity contribution in [2.45, 2.75) is 51.2 Å². The van der Waals surface area contributed by atoms with Crippen LogP contribution >= 0.6 is 11.8 Å². The number of carbonyl (C=O) groups is 3. The van der Waals surface area contributed by atoms with Gasteiger partial charge in [0.25, 0.3) is 0 Å². The fourth-order valence-electron chi connectivity index (χ4n) is 2.77. The van der Waals surface area contributed by atoms with Gasteiger partial charge in [0.05, 0.1) is 0 Å². The maximum Gasteiger partial charge on any atom is 0.326 e. The van der Waals surface area contributed by atoms with Gasteiger partial charge in [0.15, 0.2) is 0 Å². The minimum Gasteiger partial charge on any atom is -0.480 e. The number of hydrogen-bond donors (Lipinski definition) is 4. The Morgan fingerprint density at radius 1 is 1.03 bits per heavy atom. The molecule has 0 heterocycles. The SMILES string of the molecule is CSCC[C@H](NF)C(=O)N[C@@H](CC(C)C)C(=O)N[C@@H](Cc1ccccc1)C(=O)O. The van der Waals surface area contributed by atoms with Crippen LogP contribution in [-0.2, 0) is 20.8 Å². The number of carboxylic acid groups (broad SMARTS) is 1. The van der Waals surface area contributed by atoms with Crippen molar-refractivity contribution < 1.29 is 24.0 Å². The first-order valence-electron chi connectivity index (χ1n) is 9.51. The number of rotatable bonds is 13. The molecule has 0 fully saturated rings. The average Bonchev–Trinajstić information content (AvgIpc) is 2.67. The summed E-state index contributed by atoms with van der Waals surface area (Å²) < 4.78 is 13.0. The van der Waals surface area contributed by atoms with Crippen LogP contribution in [0.3, 0.4) is 0 Å². The lowest BCUT2D eigenvalue weighted by Gasteiger charge is -2.24. The van der Waals surface area contributed by atoms with Crippen LogP contribution in [0.5, 0.6) is 0 Å². The van der Waals surface area contributed by atoms with Gasteiger partial charge in [-0.1, -0.05) is 44.2 Å². The first-order valence-corrected chi connectivity index (χ1v) is 10.9. The summed E-state index contributed by atoms with van der Waals surface area (Å²) in [4.78, 5) is 36.7. The van der Waals surface area contributed by atoms with Gasteiger partial charge in [-0.25, -0.2) is 4.79 Å². The number of carbonyl (C=O) groups excluding carboxylic acids is 2. The molecule has 0 spiro atoms. The van der Waals surface area contributed by atoms with E-state index >= 15 is 0 Å². The Kier molecular flexibility index (Phi) is 11.3. The molecule has 0 saturated carbocycles. The third-order valence-corrected chi connectivity index (χ3v) is 4.94. The van der Waals surface area contributed by atoms with Gasteiger partial charge in [-0.05, 0) is 36.3 Å². The van der Waals surface area contributed by atoms with Crippen LogP contribution < -0.4 is 16.2 Å². The van der Waals surface area contributed by atoms with Gasteiger partial charge in [0.2, 0.25) is 11.8 Å².